The number of fused-ring (bicyclic) bond motifs is 2. The Bertz CT molecular complexity index is 2610. The van der Waals surface area contributed by atoms with Gasteiger partial charge >= 0.3 is 6.67 Å². The minimum Gasteiger partial charge on any atom is -0.871 e. The number of hydrogen-bond donors (Lipinski definition) is 0. The van der Waals surface area contributed by atoms with Crippen molar-refractivity contribution in [1.29, 1.82) is 5.26 Å². The third-order valence-electron chi connectivity index (χ3n) is 8.41. The van der Waals surface area contributed by atoms with Crippen LogP contribution in [-0.2, 0) is 32.9 Å². The summed E-state index contributed by atoms with van der Waals surface area (Å²) >= 11 is 0. The van der Waals surface area contributed by atoms with Crippen LogP contribution in [0.2, 0.25) is 0 Å². The largest absolute Gasteiger partial charge is 0.871 e. The molecule has 5 aromatic rings. The Balaban J connectivity index is 0.000000225. The van der Waals surface area contributed by atoms with Gasteiger partial charge in [-0.05, 0) is 58.2 Å². The van der Waals surface area contributed by atoms with Gasteiger partial charge in [-0.25, -0.2) is 28.3 Å². The van der Waals surface area contributed by atoms with Crippen LogP contribution in [0.5, 0.6) is 0 Å². The van der Waals surface area contributed by atoms with Crippen LogP contribution in [0.15, 0.2) is 172 Å². The van der Waals surface area contributed by atoms with Crippen LogP contribution in [0.3, 0.4) is 0 Å². The molecule has 0 amide bonds. The van der Waals surface area contributed by atoms with Gasteiger partial charge in [-0.3, -0.25) is 4.79 Å². The first-order valence-electron chi connectivity index (χ1n) is 16.0. The minimum atomic E-state index is -3.98. The Morgan fingerprint density at radius 1 is 0.755 bits per heavy atom. The summed E-state index contributed by atoms with van der Waals surface area (Å²) in [7, 11) is -7.96. The molecule has 10 nitrogen and oxygen atoms in total. The lowest BCUT2D eigenvalue weighted by molar-refractivity contribution is -0.687. The summed E-state index contributed by atoms with van der Waals surface area (Å²) in [5, 5.41) is 21.3. The molecule has 4 heterocycles. The lowest BCUT2D eigenvalue weighted by atomic mass is 10.0. The van der Waals surface area contributed by atoms with Crippen molar-refractivity contribution in [2.45, 2.75) is 23.0 Å². The van der Waals surface area contributed by atoms with E-state index in [1.165, 1.54) is 48.6 Å². The molecule has 53 heavy (non-hydrogen) atoms. The maximum Gasteiger partial charge on any atom is 0.406 e. The number of allylic oxidation sites excluding steroid dienone is 6. The predicted octanol–water partition coefficient (Wildman–Crippen LogP) is 5.03. The summed E-state index contributed by atoms with van der Waals surface area (Å²) in [6.45, 7) is 7.50. The number of nitrogens with zero attached hydrogens (tertiary/aromatic N) is 4. The fourth-order valence-electron chi connectivity index (χ4n) is 5.73. The number of Topliss-reactive ketones (excluding diaryl/α,β-unsaturated/α-hetero) is 1. The molecule has 0 radical (unpaired) electrons. The summed E-state index contributed by atoms with van der Waals surface area (Å²) in [5.74, 6) is -1.21. The average molecular weight is 738 g/mol. The lowest BCUT2D eigenvalue weighted by Gasteiger charge is -2.08. The molecule has 2 aliphatic heterocycles. The minimum absolute atomic E-state index is 0.0441. The number of benzene rings is 3. The van der Waals surface area contributed by atoms with E-state index in [9.17, 15) is 26.7 Å². The SMILES string of the molecule is O=C1C(=CC=C(C=CC2=C([O-])c3ccccc3S2(=O)=O)c2ccccc2)S(=O)(=O)c2ccccc21.[C-]#[N+]C[n+]1ccc(-c2cc[n+](CC#N)cc2)cc1. The molecular formula is C41H29N4O6S2+. The second kappa shape index (κ2) is 15.3. The Labute approximate surface area is 307 Å². The molecule has 0 spiro atoms. The number of rotatable bonds is 7. The number of pyridine rings is 2. The molecule has 0 fully saturated rings. The molecule has 3 aromatic carbocycles. The second-order valence-corrected chi connectivity index (χ2v) is 15.5. The van der Waals surface area contributed by atoms with Crippen molar-refractivity contribution in [2.24, 2.45) is 0 Å². The van der Waals surface area contributed by atoms with Gasteiger partial charge in [0, 0.05) is 29.8 Å². The van der Waals surface area contributed by atoms with Gasteiger partial charge in [0.2, 0.25) is 32.0 Å². The van der Waals surface area contributed by atoms with Crippen LogP contribution in [0.4, 0.5) is 0 Å². The first-order chi connectivity index (χ1) is 25.6. The van der Waals surface area contributed by atoms with Crippen LogP contribution < -0.4 is 14.2 Å². The molecule has 0 saturated heterocycles. The summed E-state index contributed by atoms with van der Waals surface area (Å²) in [4.78, 5) is 15.3. The molecule has 2 aromatic heterocycles. The zero-order valence-electron chi connectivity index (χ0n) is 27.9. The molecule has 2 aliphatic rings. The Hall–Kier alpha value is -6.73. The molecule has 260 valence electrons. The highest BCUT2D eigenvalue weighted by atomic mass is 32.2. The van der Waals surface area contributed by atoms with Crippen molar-refractivity contribution in [3.63, 3.8) is 0 Å². The van der Waals surface area contributed by atoms with Gasteiger partial charge in [0.25, 0.3) is 0 Å². The first kappa shape index (κ1) is 36.1. The van der Waals surface area contributed by atoms with Gasteiger partial charge < -0.3 is 5.11 Å². The number of hydrogen-bond acceptors (Lipinski definition) is 7. The van der Waals surface area contributed by atoms with Crippen molar-refractivity contribution in [3.8, 4) is 17.2 Å². The fraction of sp³-hybridized carbons (Fsp3) is 0.0488. The van der Waals surface area contributed by atoms with E-state index in [0.717, 1.165) is 11.1 Å². The van der Waals surface area contributed by atoms with Gasteiger partial charge in [-0.15, -0.1) is 4.57 Å². The highest BCUT2D eigenvalue weighted by Crippen LogP contribution is 2.38. The maximum absolute atomic E-state index is 12.9. The van der Waals surface area contributed by atoms with Gasteiger partial charge in [0.05, 0.1) is 14.7 Å². The Kier molecular flexibility index (Phi) is 10.4. The highest BCUT2D eigenvalue weighted by molar-refractivity contribution is 7.97. The van der Waals surface area contributed by atoms with Crippen LogP contribution in [0.1, 0.15) is 21.5 Å². The number of carbonyl (C=O) groups excluding carboxylic acids is 1. The second-order valence-electron chi connectivity index (χ2n) is 11.7. The Morgan fingerprint density at radius 2 is 1.30 bits per heavy atom. The van der Waals surface area contributed by atoms with E-state index in [0.29, 0.717) is 24.4 Å². The van der Waals surface area contributed by atoms with E-state index in [1.54, 1.807) is 54.6 Å². The number of sulfone groups is 2. The first-order valence-corrected chi connectivity index (χ1v) is 19.0. The van der Waals surface area contributed by atoms with Crippen molar-refractivity contribution in [1.82, 2.24) is 0 Å². The molecule has 0 atom stereocenters. The van der Waals surface area contributed by atoms with Crippen LogP contribution >= 0.6 is 0 Å². The van der Waals surface area contributed by atoms with Gasteiger partial charge in [0.15, 0.2) is 24.8 Å². The van der Waals surface area contributed by atoms with Gasteiger partial charge in [-0.2, -0.15) is 9.83 Å². The van der Waals surface area contributed by atoms with Gasteiger partial charge in [0.1, 0.15) is 11.0 Å². The third-order valence-corrected chi connectivity index (χ3v) is 12.1. The van der Waals surface area contributed by atoms with Crippen molar-refractivity contribution in [3.05, 3.63) is 190 Å². The van der Waals surface area contributed by atoms with Crippen molar-refractivity contribution in [2.75, 3.05) is 0 Å². The van der Waals surface area contributed by atoms with E-state index in [4.69, 9.17) is 11.8 Å². The maximum atomic E-state index is 12.9. The number of ketones is 1. The van der Waals surface area contributed by atoms with E-state index >= 15 is 0 Å². The zero-order chi connectivity index (χ0) is 37.6. The predicted molar refractivity (Wildman–Crippen MR) is 195 cm³/mol. The Morgan fingerprint density at radius 3 is 1.87 bits per heavy atom. The van der Waals surface area contributed by atoms with E-state index in [1.807, 2.05) is 58.2 Å². The smallest absolute Gasteiger partial charge is 0.406 e. The van der Waals surface area contributed by atoms with Gasteiger partial charge in [-0.1, -0.05) is 78.6 Å². The molecule has 0 unspecified atom stereocenters. The van der Waals surface area contributed by atoms with Crippen LogP contribution in [-0.4, -0.2) is 22.6 Å². The molecule has 0 N–H and O–H groups in total. The molecule has 0 aliphatic carbocycles. The summed E-state index contributed by atoms with van der Waals surface area (Å²) in [6.07, 6.45) is 12.9. The highest BCUT2D eigenvalue weighted by Gasteiger charge is 2.38. The third kappa shape index (κ3) is 7.37. The van der Waals surface area contributed by atoms with E-state index in [-0.39, 0.29) is 30.7 Å². The van der Waals surface area contributed by atoms with E-state index < -0.39 is 31.2 Å². The topological polar surface area (TPSA) is 144 Å². The lowest BCUT2D eigenvalue weighted by Crippen LogP contribution is -2.31. The monoisotopic (exact) mass is 737 g/mol. The average Bonchev–Trinajstić information content (AvgIpc) is 3.50. The number of aromatic nitrogens is 2. The number of carbonyl (C=O) groups is 1. The normalized spacial score (nSPS) is 16.0. The summed E-state index contributed by atoms with van der Waals surface area (Å²) < 4.78 is 55.3. The number of nitriles is 1. The molecular weight excluding hydrogens is 709 g/mol. The zero-order valence-corrected chi connectivity index (χ0v) is 29.5. The van der Waals surface area contributed by atoms with Crippen molar-refractivity contribution < 1.29 is 35.9 Å². The molecule has 12 heteroatoms. The quantitative estimate of drug-likeness (QED) is 0.0987. The molecule has 0 saturated carbocycles. The van der Waals surface area contributed by atoms with Crippen molar-refractivity contribution >= 4 is 36.8 Å². The van der Waals surface area contributed by atoms with E-state index in [2.05, 4.69) is 10.9 Å². The standard InChI is InChI=1S/C27H18O6S2.C14H12N4/c28-26-20-10-4-6-12-22(20)34(30,31)24(26)16-14-19(18-8-2-1-3-9-18)15-17-25-27(29)21-11-5-7-13-23(21)35(25,32)33;1-16-12-18-9-4-14(5-10-18)13-2-7-17(8-3-13)11-6-15/h1-17,28H;2-5,7-10H,11-12H2/q;+2/p-1. The molecule has 0 bridgehead atoms. The summed E-state index contributed by atoms with van der Waals surface area (Å²) in [6, 6.07) is 30.8. The molecule has 7 rings (SSSR count). The van der Waals surface area contributed by atoms with Crippen LogP contribution in [0.25, 0.3) is 27.3 Å². The fourth-order valence-corrected chi connectivity index (χ4v) is 8.82. The summed E-state index contributed by atoms with van der Waals surface area (Å²) in [5.41, 5.74) is 3.48. The van der Waals surface area contributed by atoms with Crippen LogP contribution in [0, 0.1) is 17.9 Å².